The van der Waals surface area contributed by atoms with Gasteiger partial charge in [0.15, 0.2) is 0 Å². The zero-order chi connectivity index (χ0) is 24.2. The molecule has 0 saturated carbocycles. The van der Waals surface area contributed by atoms with E-state index in [4.69, 9.17) is 11.5 Å². The third kappa shape index (κ3) is 5.86. The normalized spacial score (nSPS) is 18.6. The lowest BCUT2D eigenvalue weighted by molar-refractivity contribution is -0.385. The van der Waals surface area contributed by atoms with Crippen LogP contribution in [-0.4, -0.2) is 33.7 Å². The topological polar surface area (TPSA) is 184 Å². The van der Waals surface area contributed by atoms with Crippen LogP contribution in [0.2, 0.25) is 0 Å². The van der Waals surface area contributed by atoms with Crippen molar-refractivity contribution < 1.29 is 19.4 Å². The number of primary amides is 2. The van der Waals surface area contributed by atoms with Gasteiger partial charge in [-0.05, 0) is 36.8 Å². The van der Waals surface area contributed by atoms with Gasteiger partial charge in [0.1, 0.15) is 0 Å². The molecule has 1 fully saturated rings. The molecule has 2 atom stereocenters. The van der Waals surface area contributed by atoms with Crippen LogP contribution in [0.25, 0.3) is 0 Å². The zero-order valence-corrected chi connectivity index (χ0v) is 19.0. The minimum absolute atomic E-state index is 0. The van der Waals surface area contributed by atoms with Gasteiger partial charge in [0.05, 0.1) is 21.7 Å². The number of hydrogen-bond acceptors (Lipinski definition) is 7. The molecular weight excluding hydrogens is 466 g/mol. The van der Waals surface area contributed by atoms with Crippen LogP contribution >= 0.6 is 12.4 Å². The number of amides is 2. The molecule has 2 aromatic rings. The van der Waals surface area contributed by atoms with E-state index < -0.39 is 39.0 Å². The van der Waals surface area contributed by atoms with Crippen LogP contribution in [0.3, 0.4) is 0 Å². The Kier molecular flexibility index (Phi) is 8.66. The smallest absolute Gasteiger partial charge is 0.269 e. The monoisotopic (exact) mass is 491 g/mol. The molecule has 1 aliphatic heterocycles. The summed E-state index contributed by atoms with van der Waals surface area (Å²) in [6, 6.07) is 12.3. The predicted octanol–water partition coefficient (Wildman–Crippen LogP) is 2.04. The van der Waals surface area contributed by atoms with Gasteiger partial charge in [0, 0.05) is 36.3 Å². The van der Waals surface area contributed by atoms with Gasteiger partial charge in [-0.25, -0.2) is 0 Å². The fraction of sp³-hybridized carbons (Fsp3) is 0.364. The van der Waals surface area contributed by atoms with Crippen LogP contribution < -0.4 is 16.8 Å². The van der Waals surface area contributed by atoms with Crippen LogP contribution in [0.4, 0.5) is 11.4 Å². The first kappa shape index (κ1) is 26.7. The average Bonchev–Trinajstić information content (AvgIpc) is 3.17. The molecule has 1 aliphatic rings. The van der Waals surface area contributed by atoms with E-state index in [2.05, 4.69) is 5.32 Å². The summed E-state index contributed by atoms with van der Waals surface area (Å²) in [4.78, 5) is 45.2. The molecule has 0 aromatic heterocycles. The van der Waals surface area contributed by atoms with Gasteiger partial charge in [-0.2, -0.15) is 0 Å². The number of halogens is 1. The number of nitro benzene ring substituents is 2. The van der Waals surface area contributed by atoms with E-state index in [0.717, 1.165) is 11.1 Å². The molecule has 34 heavy (non-hydrogen) atoms. The molecule has 2 amide bonds. The lowest BCUT2D eigenvalue weighted by atomic mass is 9.73. The summed E-state index contributed by atoms with van der Waals surface area (Å²) in [7, 11) is 0. The molecule has 5 N–H and O–H groups in total. The van der Waals surface area contributed by atoms with Crippen molar-refractivity contribution in [3.63, 3.8) is 0 Å². The summed E-state index contributed by atoms with van der Waals surface area (Å²) in [5.41, 5.74) is 12.1. The van der Waals surface area contributed by atoms with E-state index in [9.17, 15) is 29.8 Å². The van der Waals surface area contributed by atoms with Crippen molar-refractivity contribution in [1.82, 2.24) is 5.32 Å². The highest BCUT2D eigenvalue weighted by molar-refractivity contribution is 5.88. The van der Waals surface area contributed by atoms with Gasteiger partial charge in [-0.15, -0.1) is 12.4 Å². The number of nitrogens with one attached hydrogen (secondary N) is 1. The maximum atomic E-state index is 12.4. The number of aryl methyl sites for hydroxylation is 2. The van der Waals surface area contributed by atoms with Crippen molar-refractivity contribution in [2.75, 3.05) is 6.54 Å². The van der Waals surface area contributed by atoms with Gasteiger partial charge < -0.3 is 16.8 Å². The molecule has 182 valence electrons. The molecule has 1 saturated heterocycles. The first-order valence-corrected chi connectivity index (χ1v) is 10.4. The Labute approximate surface area is 201 Å². The largest absolute Gasteiger partial charge is 0.369 e. The molecule has 12 heteroatoms. The third-order valence-electron chi connectivity index (χ3n) is 6.36. The Morgan fingerprint density at radius 3 is 1.59 bits per heavy atom. The summed E-state index contributed by atoms with van der Waals surface area (Å²) in [5, 5.41) is 25.1. The Bertz CT molecular complexity index is 999. The second kappa shape index (κ2) is 11.0. The van der Waals surface area contributed by atoms with Gasteiger partial charge in [-0.3, -0.25) is 29.8 Å². The van der Waals surface area contributed by atoms with E-state index in [-0.39, 0.29) is 30.3 Å². The van der Waals surface area contributed by atoms with Crippen LogP contribution in [-0.2, 0) is 22.4 Å². The Morgan fingerprint density at radius 2 is 1.26 bits per heavy atom. The van der Waals surface area contributed by atoms with E-state index in [1.807, 2.05) is 0 Å². The molecule has 1 heterocycles. The van der Waals surface area contributed by atoms with Crippen molar-refractivity contribution in [2.45, 2.75) is 31.2 Å². The van der Waals surface area contributed by atoms with E-state index in [1.54, 1.807) is 24.3 Å². The number of rotatable bonds is 10. The highest BCUT2D eigenvalue weighted by atomic mass is 35.5. The first-order chi connectivity index (χ1) is 15.6. The molecule has 2 aromatic carbocycles. The minimum Gasteiger partial charge on any atom is -0.369 e. The van der Waals surface area contributed by atoms with Gasteiger partial charge >= 0.3 is 0 Å². The quantitative estimate of drug-likeness (QED) is 0.335. The Hall–Kier alpha value is -3.57. The predicted molar refractivity (Wildman–Crippen MR) is 126 cm³/mol. The van der Waals surface area contributed by atoms with E-state index in [1.165, 1.54) is 24.3 Å². The summed E-state index contributed by atoms with van der Waals surface area (Å²) in [6.07, 6.45) is 1.85. The SMILES string of the molecule is Cl.NC(=O)C1CNC(CCc2ccc([N+](=O)[O-])cc2)(CCc2ccc([N+](=O)[O-])cc2)C1C(N)=O. The number of carbonyl (C=O) groups is 2. The summed E-state index contributed by atoms with van der Waals surface area (Å²) < 4.78 is 0. The minimum atomic E-state index is -0.828. The van der Waals surface area contributed by atoms with Crippen LogP contribution in [0.1, 0.15) is 24.0 Å². The molecule has 0 radical (unpaired) electrons. The number of nitro groups is 2. The van der Waals surface area contributed by atoms with Gasteiger partial charge in [0.2, 0.25) is 11.8 Å². The van der Waals surface area contributed by atoms with Crippen molar-refractivity contribution in [2.24, 2.45) is 23.3 Å². The fourth-order valence-electron chi connectivity index (χ4n) is 4.58. The Balaban J connectivity index is 0.00000408. The zero-order valence-electron chi connectivity index (χ0n) is 18.2. The molecule has 0 bridgehead atoms. The molecule has 11 nitrogen and oxygen atoms in total. The molecule has 0 aliphatic carbocycles. The van der Waals surface area contributed by atoms with Crippen LogP contribution in [0, 0.1) is 32.1 Å². The summed E-state index contributed by atoms with van der Waals surface area (Å²) in [6.45, 7) is 0.212. The van der Waals surface area contributed by atoms with Crippen molar-refractivity contribution in [1.29, 1.82) is 0 Å². The second-order valence-corrected chi connectivity index (χ2v) is 8.27. The maximum absolute atomic E-state index is 12.4. The molecule has 0 spiro atoms. The maximum Gasteiger partial charge on any atom is 0.269 e. The van der Waals surface area contributed by atoms with Crippen molar-refractivity contribution in [3.8, 4) is 0 Å². The van der Waals surface area contributed by atoms with E-state index >= 15 is 0 Å². The number of benzene rings is 2. The third-order valence-corrected chi connectivity index (χ3v) is 6.36. The van der Waals surface area contributed by atoms with Crippen molar-refractivity contribution in [3.05, 3.63) is 79.9 Å². The highest BCUT2D eigenvalue weighted by Gasteiger charge is 2.52. The number of hydrogen-bond donors (Lipinski definition) is 3. The van der Waals surface area contributed by atoms with Crippen molar-refractivity contribution >= 4 is 35.6 Å². The second-order valence-electron chi connectivity index (χ2n) is 8.27. The lowest BCUT2D eigenvalue weighted by Crippen LogP contribution is -2.51. The summed E-state index contributed by atoms with van der Waals surface area (Å²) >= 11 is 0. The highest BCUT2D eigenvalue weighted by Crippen LogP contribution is 2.39. The van der Waals surface area contributed by atoms with Crippen LogP contribution in [0.15, 0.2) is 48.5 Å². The summed E-state index contributed by atoms with van der Waals surface area (Å²) in [5.74, 6) is -2.82. The average molecular weight is 492 g/mol. The Morgan fingerprint density at radius 1 is 0.853 bits per heavy atom. The number of nitrogens with two attached hydrogens (primary N) is 2. The number of carbonyl (C=O) groups excluding carboxylic acids is 2. The van der Waals surface area contributed by atoms with E-state index in [0.29, 0.717) is 25.7 Å². The lowest BCUT2D eigenvalue weighted by Gasteiger charge is -2.35. The van der Waals surface area contributed by atoms with Crippen LogP contribution in [0.5, 0.6) is 0 Å². The standard InChI is InChI=1S/C22H25N5O6.ClH/c23-20(28)18-13-25-22(19(18)21(24)29,11-9-14-1-5-16(6-2-14)26(30)31)12-10-15-3-7-17(8-4-15)27(32)33;/h1-8,18-19,25H,9-13H2,(H2,23,28)(H2,24,29);1H. The molecule has 2 unspecified atom stereocenters. The molecular formula is C22H26ClN5O6. The molecule has 3 rings (SSSR count). The first-order valence-electron chi connectivity index (χ1n) is 10.4. The van der Waals surface area contributed by atoms with Gasteiger partial charge in [-0.1, -0.05) is 24.3 Å². The van der Waals surface area contributed by atoms with Gasteiger partial charge in [0.25, 0.3) is 11.4 Å². The fourth-order valence-corrected chi connectivity index (χ4v) is 4.58. The number of nitrogens with zero attached hydrogens (tertiary/aromatic N) is 2. The number of non-ortho nitro benzene ring substituents is 2.